The SMILES string of the molecule is CCOc1cc2ncnc(Nc3cccc(C(C)(C)O)c3)c2cc1O. The molecule has 1 heterocycles. The average molecular weight is 339 g/mol. The van der Waals surface area contributed by atoms with Gasteiger partial charge in [-0.05, 0) is 44.5 Å². The molecule has 3 N–H and O–H groups in total. The second-order valence-electron chi connectivity index (χ2n) is 6.26. The monoisotopic (exact) mass is 339 g/mol. The summed E-state index contributed by atoms with van der Waals surface area (Å²) in [5, 5.41) is 24.2. The topological polar surface area (TPSA) is 87.5 Å². The standard InChI is InChI=1S/C19H21N3O3/c1-4-25-17-10-15-14(9-16(17)23)18(21-11-20-15)22-13-7-5-6-12(8-13)19(2,3)24/h5-11,23-24H,4H2,1-3H3,(H,20,21,22). The van der Waals surface area contributed by atoms with Crippen molar-refractivity contribution < 1.29 is 14.9 Å². The van der Waals surface area contributed by atoms with Gasteiger partial charge in [-0.3, -0.25) is 0 Å². The Kier molecular flexibility index (Phi) is 4.46. The summed E-state index contributed by atoms with van der Waals surface area (Å²) in [5.41, 5.74) is 1.30. The van der Waals surface area contributed by atoms with Crippen LogP contribution in [0.5, 0.6) is 11.5 Å². The summed E-state index contributed by atoms with van der Waals surface area (Å²) in [4.78, 5) is 8.52. The first-order chi connectivity index (χ1) is 11.9. The van der Waals surface area contributed by atoms with Crippen LogP contribution in [0.4, 0.5) is 11.5 Å². The van der Waals surface area contributed by atoms with Crippen molar-refractivity contribution in [3.63, 3.8) is 0 Å². The highest BCUT2D eigenvalue weighted by atomic mass is 16.5. The highest BCUT2D eigenvalue weighted by Gasteiger charge is 2.16. The van der Waals surface area contributed by atoms with E-state index in [2.05, 4.69) is 15.3 Å². The Labute approximate surface area is 146 Å². The molecule has 3 rings (SSSR count). The number of benzene rings is 2. The third-order valence-electron chi connectivity index (χ3n) is 3.85. The van der Waals surface area contributed by atoms with E-state index in [9.17, 15) is 10.2 Å². The number of aromatic hydroxyl groups is 1. The number of phenolic OH excluding ortho intramolecular Hbond substituents is 1. The average Bonchev–Trinajstić information content (AvgIpc) is 2.56. The van der Waals surface area contributed by atoms with Crippen LogP contribution in [-0.4, -0.2) is 26.8 Å². The number of anilines is 2. The number of hydrogen-bond donors (Lipinski definition) is 3. The first-order valence-corrected chi connectivity index (χ1v) is 8.09. The summed E-state index contributed by atoms with van der Waals surface area (Å²) in [6.45, 7) is 5.78. The Morgan fingerprint density at radius 1 is 1.16 bits per heavy atom. The number of fused-ring (bicyclic) bond motifs is 1. The molecule has 3 aromatic rings. The molecule has 0 radical (unpaired) electrons. The van der Waals surface area contributed by atoms with E-state index in [1.54, 1.807) is 26.0 Å². The van der Waals surface area contributed by atoms with Gasteiger partial charge in [0, 0.05) is 17.1 Å². The fourth-order valence-corrected chi connectivity index (χ4v) is 2.56. The second-order valence-corrected chi connectivity index (χ2v) is 6.26. The Morgan fingerprint density at radius 3 is 2.68 bits per heavy atom. The molecule has 0 aliphatic heterocycles. The van der Waals surface area contributed by atoms with Crippen LogP contribution >= 0.6 is 0 Å². The van der Waals surface area contributed by atoms with Crippen LogP contribution < -0.4 is 10.1 Å². The maximum Gasteiger partial charge on any atom is 0.163 e. The minimum Gasteiger partial charge on any atom is -0.504 e. The normalized spacial score (nSPS) is 11.5. The molecule has 6 nitrogen and oxygen atoms in total. The van der Waals surface area contributed by atoms with Gasteiger partial charge >= 0.3 is 0 Å². The van der Waals surface area contributed by atoms with E-state index >= 15 is 0 Å². The molecule has 0 saturated heterocycles. The van der Waals surface area contributed by atoms with Crippen LogP contribution in [0.2, 0.25) is 0 Å². The van der Waals surface area contributed by atoms with Crippen molar-refractivity contribution in [2.45, 2.75) is 26.4 Å². The number of hydrogen-bond acceptors (Lipinski definition) is 6. The van der Waals surface area contributed by atoms with Crippen molar-refractivity contribution in [1.82, 2.24) is 9.97 Å². The van der Waals surface area contributed by atoms with Crippen molar-refractivity contribution >= 4 is 22.4 Å². The Morgan fingerprint density at radius 2 is 1.96 bits per heavy atom. The third kappa shape index (κ3) is 3.64. The maximum atomic E-state index is 10.2. The maximum absolute atomic E-state index is 10.2. The highest BCUT2D eigenvalue weighted by molar-refractivity contribution is 5.92. The fraction of sp³-hybridized carbons (Fsp3) is 0.263. The molecule has 2 aromatic carbocycles. The van der Waals surface area contributed by atoms with Gasteiger partial charge in [-0.15, -0.1) is 0 Å². The lowest BCUT2D eigenvalue weighted by molar-refractivity contribution is 0.0786. The third-order valence-corrected chi connectivity index (χ3v) is 3.85. The van der Waals surface area contributed by atoms with Crippen molar-refractivity contribution in [1.29, 1.82) is 0 Å². The Balaban J connectivity index is 2.01. The lowest BCUT2D eigenvalue weighted by atomic mass is 9.98. The van der Waals surface area contributed by atoms with Crippen LogP contribution in [0.1, 0.15) is 26.3 Å². The molecule has 6 heteroatoms. The lowest BCUT2D eigenvalue weighted by Gasteiger charge is -2.19. The van der Waals surface area contributed by atoms with Crippen LogP contribution in [0, 0.1) is 0 Å². The van der Waals surface area contributed by atoms with Crippen molar-refractivity contribution in [2.75, 3.05) is 11.9 Å². The van der Waals surface area contributed by atoms with E-state index < -0.39 is 5.60 Å². The van der Waals surface area contributed by atoms with Crippen molar-refractivity contribution in [2.24, 2.45) is 0 Å². The van der Waals surface area contributed by atoms with E-state index in [1.807, 2.05) is 31.2 Å². The molecule has 0 unspecified atom stereocenters. The minimum atomic E-state index is -0.934. The number of aliphatic hydroxyl groups is 1. The zero-order valence-electron chi connectivity index (χ0n) is 14.4. The first kappa shape index (κ1) is 17.0. The van der Waals surface area contributed by atoms with Crippen LogP contribution in [0.15, 0.2) is 42.7 Å². The molecular weight excluding hydrogens is 318 g/mol. The van der Waals surface area contributed by atoms with Crippen LogP contribution in [-0.2, 0) is 5.60 Å². The number of phenols is 1. The van der Waals surface area contributed by atoms with Gasteiger partial charge in [-0.1, -0.05) is 12.1 Å². The van der Waals surface area contributed by atoms with E-state index in [0.717, 1.165) is 11.3 Å². The van der Waals surface area contributed by atoms with E-state index in [-0.39, 0.29) is 5.75 Å². The smallest absolute Gasteiger partial charge is 0.163 e. The summed E-state index contributed by atoms with van der Waals surface area (Å²) in [7, 11) is 0. The van der Waals surface area contributed by atoms with Gasteiger partial charge in [0.2, 0.25) is 0 Å². The van der Waals surface area contributed by atoms with Gasteiger partial charge in [0.05, 0.1) is 17.7 Å². The van der Waals surface area contributed by atoms with Gasteiger partial charge in [0.1, 0.15) is 12.1 Å². The number of nitrogens with zero attached hydrogens (tertiary/aromatic N) is 2. The molecule has 0 fully saturated rings. The van der Waals surface area contributed by atoms with Gasteiger partial charge < -0.3 is 20.3 Å². The molecule has 0 aliphatic rings. The Bertz CT molecular complexity index is 904. The molecule has 0 saturated carbocycles. The Hall–Kier alpha value is -2.86. The van der Waals surface area contributed by atoms with Gasteiger partial charge in [-0.25, -0.2) is 9.97 Å². The van der Waals surface area contributed by atoms with Crippen molar-refractivity contribution in [3.8, 4) is 11.5 Å². The summed E-state index contributed by atoms with van der Waals surface area (Å²) >= 11 is 0. The zero-order chi connectivity index (χ0) is 18.0. The first-order valence-electron chi connectivity index (χ1n) is 8.09. The number of nitrogens with one attached hydrogen (secondary N) is 1. The number of ether oxygens (including phenoxy) is 1. The number of aromatic nitrogens is 2. The van der Waals surface area contributed by atoms with Crippen LogP contribution in [0.3, 0.4) is 0 Å². The lowest BCUT2D eigenvalue weighted by Crippen LogP contribution is -2.15. The van der Waals surface area contributed by atoms with Gasteiger partial charge in [0.25, 0.3) is 0 Å². The van der Waals surface area contributed by atoms with Gasteiger partial charge in [0.15, 0.2) is 11.5 Å². The molecule has 0 spiro atoms. The minimum absolute atomic E-state index is 0.0393. The highest BCUT2D eigenvalue weighted by Crippen LogP contribution is 2.34. The zero-order valence-corrected chi connectivity index (χ0v) is 14.4. The fourth-order valence-electron chi connectivity index (χ4n) is 2.56. The van der Waals surface area contributed by atoms with E-state index in [4.69, 9.17) is 4.74 Å². The molecule has 1 aromatic heterocycles. The summed E-state index contributed by atoms with van der Waals surface area (Å²) in [6.07, 6.45) is 1.46. The summed E-state index contributed by atoms with van der Waals surface area (Å²) < 4.78 is 5.40. The summed E-state index contributed by atoms with van der Waals surface area (Å²) in [6, 6.07) is 10.8. The molecule has 25 heavy (non-hydrogen) atoms. The largest absolute Gasteiger partial charge is 0.504 e. The second kappa shape index (κ2) is 6.57. The van der Waals surface area contributed by atoms with Crippen molar-refractivity contribution in [3.05, 3.63) is 48.3 Å². The van der Waals surface area contributed by atoms with E-state index in [0.29, 0.717) is 29.1 Å². The molecule has 130 valence electrons. The van der Waals surface area contributed by atoms with Gasteiger partial charge in [-0.2, -0.15) is 0 Å². The molecule has 0 amide bonds. The summed E-state index contributed by atoms with van der Waals surface area (Å²) in [5.74, 6) is 0.998. The molecule has 0 atom stereocenters. The predicted octanol–water partition coefficient (Wildman–Crippen LogP) is 3.71. The molecule has 0 aliphatic carbocycles. The van der Waals surface area contributed by atoms with E-state index in [1.165, 1.54) is 6.33 Å². The predicted molar refractivity (Wildman–Crippen MR) is 97.3 cm³/mol. The molecule has 0 bridgehead atoms. The van der Waals surface area contributed by atoms with Crippen LogP contribution in [0.25, 0.3) is 10.9 Å². The quantitative estimate of drug-likeness (QED) is 0.657. The number of rotatable bonds is 5. The molecular formula is C19H21N3O3.